The van der Waals surface area contributed by atoms with E-state index in [-0.39, 0.29) is 0 Å². The standard InChI is InChI=1S/C14H9Cl3N4O/c15-10-3-1-9(2-4-10)8-22-21-14(18-19-20-21)12-6-5-11(16)7-13(12)17/h1-7H,8H2. The normalized spacial score (nSPS) is 10.7. The van der Waals surface area contributed by atoms with E-state index in [1.54, 1.807) is 30.3 Å². The summed E-state index contributed by atoms with van der Waals surface area (Å²) in [6.45, 7) is 0.292. The largest absolute Gasteiger partial charge is 0.389 e. The Labute approximate surface area is 141 Å². The highest BCUT2D eigenvalue weighted by molar-refractivity contribution is 6.36. The first kappa shape index (κ1) is 15.1. The van der Waals surface area contributed by atoms with Gasteiger partial charge in [-0.25, -0.2) is 0 Å². The van der Waals surface area contributed by atoms with E-state index in [1.165, 1.54) is 4.85 Å². The lowest BCUT2D eigenvalue weighted by molar-refractivity contribution is 0.0695. The van der Waals surface area contributed by atoms with E-state index in [1.807, 2.05) is 12.1 Å². The Morgan fingerprint density at radius 1 is 0.955 bits per heavy atom. The van der Waals surface area contributed by atoms with Gasteiger partial charge in [-0.05, 0) is 46.3 Å². The van der Waals surface area contributed by atoms with Crippen molar-refractivity contribution in [1.82, 2.24) is 20.4 Å². The minimum Gasteiger partial charge on any atom is -0.389 e. The van der Waals surface area contributed by atoms with Crippen molar-refractivity contribution in [3.8, 4) is 11.4 Å². The number of halogens is 3. The Morgan fingerprint density at radius 3 is 2.41 bits per heavy atom. The molecule has 0 aliphatic heterocycles. The van der Waals surface area contributed by atoms with E-state index in [9.17, 15) is 0 Å². The van der Waals surface area contributed by atoms with Gasteiger partial charge in [0.2, 0.25) is 5.82 Å². The molecule has 0 aliphatic carbocycles. The van der Waals surface area contributed by atoms with Gasteiger partial charge in [-0.2, -0.15) is 0 Å². The van der Waals surface area contributed by atoms with Crippen LogP contribution in [0.25, 0.3) is 11.4 Å². The van der Waals surface area contributed by atoms with Crippen LogP contribution in [0.1, 0.15) is 5.56 Å². The fourth-order valence-electron chi connectivity index (χ4n) is 1.81. The number of tetrazole rings is 1. The zero-order valence-electron chi connectivity index (χ0n) is 11.1. The summed E-state index contributed by atoms with van der Waals surface area (Å²) in [6.07, 6.45) is 0. The molecule has 0 radical (unpaired) electrons. The van der Waals surface area contributed by atoms with Crippen LogP contribution in [0.2, 0.25) is 15.1 Å². The maximum Gasteiger partial charge on any atom is 0.223 e. The van der Waals surface area contributed by atoms with Gasteiger partial charge in [-0.3, -0.25) is 0 Å². The molecule has 0 aliphatic rings. The van der Waals surface area contributed by atoms with Gasteiger partial charge in [0, 0.05) is 15.6 Å². The highest BCUT2D eigenvalue weighted by Crippen LogP contribution is 2.28. The molecular weight excluding hydrogens is 347 g/mol. The predicted molar refractivity (Wildman–Crippen MR) is 85.0 cm³/mol. The monoisotopic (exact) mass is 354 g/mol. The fourth-order valence-corrected chi connectivity index (χ4v) is 2.43. The zero-order valence-corrected chi connectivity index (χ0v) is 13.3. The van der Waals surface area contributed by atoms with Crippen LogP contribution < -0.4 is 4.84 Å². The van der Waals surface area contributed by atoms with Crippen molar-refractivity contribution in [2.24, 2.45) is 0 Å². The third-order valence-corrected chi connectivity index (χ3v) is 3.68. The van der Waals surface area contributed by atoms with E-state index in [2.05, 4.69) is 15.5 Å². The summed E-state index contributed by atoms with van der Waals surface area (Å²) in [5.41, 5.74) is 1.57. The SMILES string of the molecule is Clc1ccc(COn2nnnc2-c2ccc(Cl)cc2Cl)cc1. The van der Waals surface area contributed by atoms with E-state index >= 15 is 0 Å². The van der Waals surface area contributed by atoms with Crippen molar-refractivity contribution in [2.75, 3.05) is 0 Å². The van der Waals surface area contributed by atoms with Crippen molar-refractivity contribution in [3.05, 3.63) is 63.1 Å². The van der Waals surface area contributed by atoms with Crippen molar-refractivity contribution >= 4 is 34.8 Å². The summed E-state index contributed by atoms with van der Waals surface area (Å²) >= 11 is 17.9. The summed E-state index contributed by atoms with van der Waals surface area (Å²) in [6, 6.07) is 12.4. The zero-order chi connectivity index (χ0) is 15.5. The summed E-state index contributed by atoms with van der Waals surface area (Å²) in [4.78, 5) is 6.81. The average Bonchev–Trinajstić information content (AvgIpc) is 2.95. The lowest BCUT2D eigenvalue weighted by atomic mass is 10.2. The van der Waals surface area contributed by atoms with E-state index in [0.29, 0.717) is 33.1 Å². The molecule has 8 heteroatoms. The quantitative estimate of drug-likeness (QED) is 0.711. The van der Waals surface area contributed by atoms with Gasteiger partial charge in [0.1, 0.15) is 6.61 Å². The first-order valence-corrected chi connectivity index (χ1v) is 7.38. The van der Waals surface area contributed by atoms with Crippen molar-refractivity contribution in [2.45, 2.75) is 6.61 Å². The number of nitrogens with zero attached hydrogens (tertiary/aromatic N) is 4. The minimum atomic E-state index is 0.292. The molecule has 0 saturated heterocycles. The van der Waals surface area contributed by atoms with Crippen LogP contribution in [0.15, 0.2) is 42.5 Å². The Hall–Kier alpha value is -1.82. The lowest BCUT2D eigenvalue weighted by Crippen LogP contribution is -2.14. The molecule has 0 amide bonds. The van der Waals surface area contributed by atoms with Crippen LogP contribution in [0.5, 0.6) is 0 Å². The second-order valence-corrected chi connectivity index (χ2v) is 5.68. The number of rotatable bonds is 4. The van der Waals surface area contributed by atoms with Gasteiger partial charge < -0.3 is 4.84 Å². The third kappa shape index (κ3) is 3.32. The number of aromatic nitrogens is 4. The van der Waals surface area contributed by atoms with Crippen molar-refractivity contribution < 1.29 is 4.84 Å². The third-order valence-electron chi connectivity index (χ3n) is 2.88. The van der Waals surface area contributed by atoms with Crippen LogP contribution in [0, 0.1) is 0 Å². The molecule has 3 aromatic rings. The van der Waals surface area contributed by atoms with Crippen molar-refractivity contribution in [3.63, 3.8) is 0 Å². The van der Waals surface area contributed by atoms with Gasteiger partial charge in [0.05, 0.1) is 5.02 Å². The van der Waals surface area contributed by atoms with Crippen LogP contribution >= 0.6 is 34.8 Å². The molecule has 1 aromatic heterocycles. The van der Waals surface area contributed by atoms with Gasteiger partial charge in [-0.15, -0.1) is 5.10 Å². The van der Waals surface area contributed by atoms with E-state index in [0.717, 1.165) is 5.56 Å². The van der Waals surface area contributed by atoms with Crippen LogP contribution in [-0.2, 0) is 6.61 Å². The summed E-state index contributed by atoms with van der Waals surface area (Å²) in [7, 11) is 0. The Balaban J connectivity index is 1.81. The molecule has 1 heterocycles. The molecule has 0 atom stereocenters. The Bertz CT molecular complexity index is 789. The van der Waals surface area contributed by atoms with Gasteiger partial charge >= 0.3 is 0 Å². The van der Waals surface area contributed by atoms with E-state index in [4.69, 9.17) is 39.6 Å². The molecule has 0 unspecified atom stereocenters. The predicted octanol–water partition coefficient (Wildman–Crippen LogP) is 3.93. The van der Waals surface area contributed by atoms with Crippen LogP contribution in [0.3, 0.4) is 0 Å². The molecule has 22 heavy (non-hydrogen) atoms. The number of benzene rings is 2. The first-order valence-electron chi connectivity index (χ1n) is 6.25. The molecule has 0 spiro atoms. The maximum absolute atomic E-state index is 6.16. The summed E-state index contributed by atoms with van der Waals surface area (Å²) in [5, 5.41) is 13.0. The molecular formula is C14H9Cl3N4O. The van der Waals surface area contributed by atoms with E-state index < -0.39 is 0 Å². The Kier molecular flexibility index (Phi) is 4.47. The molecule has 5 nitrogen and oxygen atoms in total. The summed E-state index contributed by atoms with van der Waals surface area (Å²) < 4.78 is 0. The highest BCUT2D eigenvalue weighted by atomic mass is 35.5. The van der Waals surface area contributed by atoms with Gasteiger partial charge in [0.25, 0.3) is 0 Å². The lowest BCUT2D eigenvalue weighted by Gasteiger charge is -2.08. The van der Waals surface area contributed by atoms with Gasteiger partial charge in [0.15, 0.2) is 0 Å². The number of hydrogen-bond donors (Lipinski definition) is 0. The number of hydrogen-bond acceptors (Lipinski definition) is 4. The smallest absolute Gasteiger partial charge is 0.223 e. The highest BCUT2D eigenvalue weighted by Gasteiger charge is 2.14. The van der Waals surface area contributed by atoms with Crippen molar-refractivity contribution in [1.29, 1.82) is 0 Å². The molecule has 0 bridgehead atoms. The molecule has 0 N–H and O–H groups in total. The molecule has 0 fully saturated rings. The minimum absolute atomic E-state index is 0.292. The molecule has 3 rings (SSSR count). The topological polar surface area (TPSA) is 52.8 Å². The maximum atomic E-state index is 6.16. The van der Waals surface area contributed by atoms with Crippen LogP contribution in [-0.4, -0.2) is 20.4 Å². The van der Waals surface area contributed by atoms with Gasteiger partial charge in [-0.1, -0.05) is 51.8 Å². The average molecular weight is 356 g/mol. The fraction of sp³-hybridized carbons (Fsp3) is 0.0714. The molecule has 0 saturated carbocycles. The second kappa shape index (κ2) is 6.52. The van der Waals surface area contributed by atoms with Crippen LogP contribution in [0.4, 0.5) is 0 Å². The molecule has 2 aromatic carbocycles. The summed E-state index contributed by atoms with van der Waals surface area (Å²) in [5.74, 6) is 0.399. The molecule has 112 valence electrons. The Morgan fingerprint density at radius 2 is 1.68 bits per heavy atom. The second-order valence-electron chi connectivity index (χ2n) is 4.40. The first-order chi connectivity index (χ1) is 10.6.